The first-order valence-electron chi connectivity index (χ1n) is 9.99. The van der Waals surface area contributed by atoms with Crippen molar-refractivity contribution in [2.75, 3.05) is 36.4 Å². The number of rotatable bonds is 4. The Balaban J connectivity index is 1.29. The fourth-order valence-corrected chi connectivity index (χ4v) is 3.79. The van der Waals surface area contributed by atoms with Gasteiger partial charge in [-0.3, -0.25) is 9.59 Å². The predicted molar refractivity (Wildman–Crippen MR) is 119 cm³/mol. The standard InChI is InChI=1S/C22H24ClN5O2/c1-15-13-16(7-8-18(15)23)24-20(29)14-19-21(30)26-22(25-19)28-11-9-27(10-12-28)17-5-3-2-4-6-17/h2-8,13,19H,9-12,14H2,1H3,(H,24,29)(H,25,26,30). The molecule has 0 radical (unpaired) electrons. The lowest BCUT2D eigenvalue weighted by molar-refractivity contribution is -0.123. The molecule has 1 unspecified atom stereocenters. The fraction of sp³-hybridized carbons (Fsp3) is 0.318. The Kier molecular flexibility index (Phi) is 5.90. The Morgan fingerprint density at radius 2 is 1.83 bits per heavy atom. The second kappa shape index (κ2) is 8.75. The molecule has 0 aromatic heterocycles. The second-order valence-corrected chi connectivity index (χ2v) is 7.90. The number of nitrogens with one attached hydrogen (secondary N) is 2. The van der Waals surface area contributed by atoms with Gasteiger partial charge in [0.2, 0.25) is 11.9 Å². The lowest BCUT2D eigenvalue weighted by Crippen LogP contribution is -2.52. The molecule has 1 atom stereocenters. The van der Waals surface area contributed by atoms with Crippen LogP contribution in [0.5, 0.6) is 0 Å². The summed E-state index contributed by atoms with van der Waals surface area (Å²) in [6, 6.07) is 14.9. The summed E-state index contributed by atoms with van der Waals surface area (Å²) in [6.45, 7) is 5.09. The molecule has 0 spiro atoms. The molecule has 7 nitrogen and oxygen atoms in total. The molecular weight excluding hydrogens is 402 g/mol. The molecule has 2 amide bonds. The van der Waals surface area contributed by atoms with Gasteiger partial charge in [-0.15, -0.1) is 0 Å². The number of aliphatic imine (C=N–C) groups is 1. The van der Waals surface area contributed by atoms with Crippen molar-refractivity contribution in [3.63, 3.8) is 0 Å². The van der Waals surface area contributed by atoms with Gasteiger partial charge in [0, 0.05) is 42.6 Å². The Labute approximate surface area is 180 Å². The highest BCUT2D eigenvalue weighted by atomic mass is 35.5. The number of amides is 2. The molecule has 2 aliphatic rings. The third-order valence-corrected chi connectivity index (χ3v) is 5.77. The van der Waals surface area contributed by atoms with E-state index >= 15 is 0 Å². The highest BCUT2D eigenvalue weighted by molar-refractivity contribution is 6.31. The molecule has 2 heterocycles. The van der Waals surface area contributed by atoms with Crippen LogP contribution in [-0.4, -0.2) is 54.9 Å². The van der Waals surface area contributed by atoms with Crippen LogP contribution in [0.2, 0.25) is 5.02 Å². The summed E-state index contributed by atoms with van der Waals surface area (Å²) in [5.74, 6) is 0.0127. The molecule has 2 aliphatic heterocycles. The first kappa shape index (κ1) is 20.2. The van der Waals surface area contributed by atoms with E-state index in [9.17, 15) is 9.59 Å². The fourth-order valence-electron chi connectivity index (χ4n) is 3.67. The third kappa shape index (κ3) is 4.57. The topological polar surface area (TPSA) is 77.0 Å². The zero-order valence-corrected chi connectivity index (χ0v) is 17.5. The van der Waals surface area contributed by atoms with E-state index in [4.69, 9.17) is 11.6 Å². The normalized spacial score (nSPS) is 18.8. The smallest absolute Gasteiger partial charge is 0.271 e. The quantitative estimate of drug-likeness (QED) is 0.787. The lowest BCUT2D eigenvalue weighted by Gasteiger charge is -2.37. The first-order chi connectivity index (χ1) is 14.5. The van der Waals surface area contributed by atoms with E-state index in [2.05, 4.69) is 37.6 Å². The van der Waals surface area contributed by atoms with Gasteiger partial charge in [0.1, 0.15) is 6.04 Å². The van der Waals surface area contributed by atoms with Crippen LogP contribution < -0.4 is 15.5 Å². The van der Waals surface area contributed by atoms with Crippen LogP contribution in [-0.2, 0) is 9.59 Å². The van der Waals surface area contributed by atoms with Gasteiger partial charge in [0.25, 0.3) is 5.91 Å². The van der Waals surface area contributed by atoms with Gasteiger partial charge in [-0.1, -0.05) is 29.8 Å². The molecule has 156 valence electrons. The van der Waals surface area contributed by atoms with Crippen molar-refractivity contribution in [3.05, 3.63) is 59.1 Å². The minimum atomic E-state index is -0.638. The maximum absolute atomic E-state index is 12.4. The highest BCUT2D eigenvalue weighted by Crippen LogP contribution is 2.20. The van der Waals surface area contributed by atoms with Crippen LogP contribution in [0, 0.1) is 6.92 Å². The maximum Gasteiger partial charge on any atom is 0.271 e. The van der Waals surface area contributed by atoms with Crippen molar-refractivity contribution >= 4 is 40.7 Å². The number of carbonyl (C=O) groups is 2. The van der Waals surface area contributed by atoms with Crippen LogP contribution in [0.4, 0.5) is 11.4 Å². The molecule has 2 N–H and O–H groups in total. The van der Waals surface area contributed by atoms with E-state index in [1.807, 2.05) is 25.1 Å². The number of carbonyl (C=O) groups excluding carboxylic acids is 2. The number of halogens is 1. The van der Waals surface area contributed by atoms with Gasteiger partial charge < -0.3 is 20.4 Å². The average molecular weight is 426 g/mol. The molecule has 4 rings (SSSR count). The van der Waals surface area contributed by atoms with E-state index in [1.165, 1.54) is 5.69 Å². The van der Waals surface area contributed by atoms with Gasteiger partial charge in [-0.2, -0.15) is 4.99 Å². The SMILES string of the molecule is Cc1cc(NC(=O)CC2NC(N3CCN(c4ccccc4)CC3)=NC2=O)ccc1Cl. The average Bonchev–Trinajstić information content (AvgIpc) is 3.11. The minimum Gasteiger partial charge on any atom is -0.368 e. The van der Waals surface area contributed by atoms with E-state index in [1.54, 1.807) is 18.2 Å². The van der Waals surface area contributed by atoms with E-state index in [0.717, 1.165) is 31.7 Å². The Morgan fingerprint density at radius 3 is 2.53 bits per heavy atom. The Morgan fingerprint density at radius 1 is 1.13 bits per heavy atom. The largest absolute Gasteiger partial charge is 0.368 e. The summed E-state index contributed by atoms with van der Waals surface area (Å²) in [5, 5.41) is 6.59. The molecule has 1 saturated heterocycles. The number of para-hydroxylation sites is 1. The molecule has 1 fully saturated rings. The van der Waals surface area contributed by atoms with E-state index in [-0.39, 0.29) is 18.2 Å². The second-order valence-electron chi connectivity index (χ2n) is 7.50. The van der Waals surface area contributed by atoms with Crippen LogP contribution in [0.15, 0.2) is 53.5 Å². The van der Waals surface area contributed by atoms with Gasteiger partial charge in [0.15, 0.2) is 0 Å². The number of guanidine groups is 1. The van der Waals surface area contributed by atoms with Crippen molar-refractivity contribution in [2.45, 2.75) is 19.4 Å². The summed E-state index contributed by atoms with van der Waals surface area (Å²) in [7, 11) is 0. The van der Waals surface area contributed by atoms with E-state index < -0.39 is 6.04 Å². The van der Waals surface area contributed by atoms with E-state index in [0.29, 0.717) is 16.7 Å². The van der Waals surface area contributed by atoms with Crippen molar-refractivity contribution in [1.29, 1.82) is 0 Å². The van der Waals surface area contributed by atoms with Gasteiger partial charge in [-0.05, 0) is 42.8 Å². The molecule has 0 bridgehead atoms. The highest BCUT2D eigenvalue weighted by Gasteiger charge is 2.32. The van der Waals surface area contributed by atoms with Crippen molar-refractivity contribution in [1.82, 2.24) is 10.2 Å². The van der Waals surface area contributed by atoms with Gasteiger partial charge in [-0.25, -0.2) is 0 Å². The third-order valence-electron chi connectivity index (χ3n) is 5.35. The van der Waals surface area contributed by atoms with Gasteiger partial charge in [0.05, 0.1) is 6.42 Å². The summed E-state index contributed by atoms with van der Waals surface area (Å²) in [4.78, 5) is 33.2. The van der Waals surface area contributed by atoms with Crippen LogP contribution in [0.3, 0.4) is 0 Å². The molecule has 0 aliphatic carbocycles. The molecular formula is C22H24ClN5O2. The first-order valence-corrected chi connectivity index (χ1v) is 10.4. The zero-order valence-electron chi connectivity index (χ0n) is 16.8. The zero-order chi connectivity index (χ0) is 21.1. The number of piperazine rings is 1. The van der Waals surface area contributed by atoms with Crippen molar-refractivity contribution < 1.29 is 9.59 Å². The molecule has 30 heavy (non-hydrogen) atoms. The lowest BCUT2D eigenvalue weighted by atomic mass is 10.2. The summed E-state index contributed by atoms with van der Waals surface area (Å²) < 4.78 is 0. The van der Waals surface area contributed by atoms with Gasteiger partial charge >= 0.3 is 0 Å². The summed E-state index contributed by atoms with van der Waals surface area (Å²) in [6.07, 6.45) is 0.0253. The Bertz CT molecular complexity index is 971. The number of hydrogen-bond donors (Lipinski definition) is 2. The molecule has 2 aromatic rings. The van der Waals surface area contributed by atoms with Crippen LogP contribution in [0.25, 0.3) is 0 Å². The minimum absolute atomic E-state index is 0.0253. The predicted octanol–water partition coefficient (Wildman–Crippen LogP) is 2.65. The summed E-state index contributed by atoms with van der Waals surface area (Å²) >= 11 is 6.02. The molecule has 2 aromatic carbocycles. The maximum atomic E-state index is 12.4. The number of anilines is 2. The number of benzene rings is 2. The number of aryl methyl sites for hydroxylation is 1. The van der Waals surface area contributed by atoms with Crippen LogP contribution in [0.1, 0.15) is 12.0 Å². The molecule has 8 heteroatoms. The van der Waals surface area contributed by atoms with Crippen molar-refractivity contribution in [3.8, 4) is 0 Å². The van der Waals surface area contributed by atoms with Crippen molar-refractivity contribution in [2.24, 2.45) is 4.99 Å². The number of nitrogens with zero attached hydrogens (tertiary/aromatic N) is 3. The Hall–Kier alpha value is -3.06. The molecule has 0 saturated carbocycles. The number of hydrogen-bond acceptors (Lipinski definition) is 5. The summed E-state index contributed by atoms with van der Waals surface area (Å²) in [5.41, 5.74) is 2.73. The van der Waals surface area contributed by atoms with Crippen LogP contribution >= 0.6 is 11.6 Å². The monoisotopic (exact) mass is 425 g/mol.